The van der Waals surface area contributed by atoms with E-state index in [2.05, 4.69) is 0 Å². The van der Waals surface area contributed by atoms with E-state index in [0.717, 1.165) is 11.1 Å². The van der Waals surface area contributed by atoms with Gasteiger partial charge in [-0.05, 0) is 30.2 Å². The number of carbonyl (C=O) groups excluding carboxylic acids is 2. The Morgan fingerprint density at radius 2 is 1.53 bits per heavy atom. The average Bonchev–Trinajstić information content (AvgIpc) is 3.03. The van der Waals surface area contributed by atoms with Gasteiger partial charge in [0, 0.05) is 11.8 Å². The number of carbonyl (C=O) groups is 2. The number of benzene rings is 3. The third-order valence-corrected chi connectivity index (χ3v) is 5.86. The van der Waals surface area contributed by atoms with Crippen LogP contribution in [0.1, 0.15) is 18.1 Å². The van der Waals surface area contributed by atoms with Gasteiger partial charge in [0.1, 0.15) is 5.75 Å². The van der Waals surface area contributed by atoms with Crippen molar-refractivity contribution in [1.82, 2.24) is 0 Å². The molecule has 4 nitrogen and oxygen atoms in total. The van der Waals surface area contributed by atoms with Gasteiger partial charge in [-0.2, -0.15) is 0 Å². The molecule has 0 saturated carbocycles. The van der Waals surface area contributed by atoms with Crippen molar-refractivity contribution >= 4 is 34.8 Å². The SMILES string of the molecule is CCOc1cccc(N2C(=O)C(SCc3ccccc3)=C(c3ccccc3)C2=O)c1. The molecule has 4 rings (SSSR count). The van der Waals surface area contributed by atoms with Crippen LogP contribution in [0.25, 0.3) is 5.57 Å². The first-order chi connectivity index (χ1) is 14.7. The van der Waals surface area contributed by atoms with E-state index in [4.69, 9.17) is 4.74 Å². The number of ether oxygens (including phenoxy) is 1. The van der Waals surface area contributed by atoms with Gasteiger partial charge < -0.3 is 4.74 Å². The molecule has 150 valence electrons. The number of nitrogens with zero attached hydrogens (tertiary/aromatic N) is 1. The fourth-order valence-electron chi connectivity index (χ4n) is 3.35. The van der Waals surface area contributed by atoms with Crippen LogP contribution in [0.15, 0.2) is 89.8 Å². The number of anilines is 1. The zero-order valence-corrected chi connectivity index (χ0v) is 17.4. The van der Waals surface area contributed by atoms with Gasteiger partial charge in [-0.15, -0.1) is 11.8 Å². The number of thioether (sulfide) groups is 1. The monoisotopic (exact) mass is 415 g/mol. The molecule has 1 heterocycles. The molecule has 0 fully saturated rings. The lowest BCUT2D eigenvalue weighted by Gasteiger charge is -2.16. The van der Waals surface area contributed by atoms with Gasteiger partial charge in [0.25, 0.3) is 11.8 Å². The molecule has 0 saturated heterocycles. The third kappa shape index (κ3) is 4.02. The predicted molar refractivity (Wildman–Crippen MR) is 121 cm³/mol. The van der Waals surface area contributed by atoms with E-state index in [1.165, 1.54) is 16.7 Å². The number of imide groups is 1. The van der Waals surface area contributed by atoms with Crippen molar-refractivity contribution in [3.63, 3.8) is 0 Å². The van der Waals surface area contributed by atoms with E-state index >= 15 is 0 Å². The maximum absolute atomic E-state index is 13.4. The Morgan fingerprint density at radius 3 is 2.23 bits per heavy atom. The second kappa shape index (κ2) is 9.01. The van der Waals surface area contributed by atoms with Crippen molar-refractivity contribution in [2.75, 3.05) is 11.5 Å². The summed E-state index contributed by atoms with van der Waals surface area (Å²) >= 11 is 1.40. The van der Waals surface area contributed by atoms with E-state index in [9.17, 15) is 9.59 Å². The first-order valence-corrected chi connectivity index (χ1v) is 10.8. The van der Waals surface area contributed by atoms with Crippen molar-refractivity contribution < 1.29 is 14.3 Å². The Kier molecular flexibility index (Phi) is 6.00. The highest BCUT2D eigenvalue weighted by Crippen LogP contribution is 2.40. The zero-order valence-electron chi connectivity index (χ0n) is 16.6. The Balaban J connectivity index is 1.71. The van der Waals surface area contributed by atoms with Gasteiger partial charge in [0.15, 0.2) is 0 Å². The number of rotatable bonds is 7. The van der Waals surface area contributed by atoms with E-state index in [0.29, 0.717) is 34.3 Å². The molecule has 1 aliphatic rings. The molecule has 3 aromatic rings. The smallest absolute Gasteiger partial charge is 0.272 e. The van der Waals surface area contributed by atoms with E-state index < -0.39 is 0 Å². The van der Waals surface area contributed by atoms with Gasteiger partial charge in [-0.1, -0.05) is 66.7 Å². The molecule has 0 spiro atoms. The molecule has 30 heavy (non-hydrogen) atoms. The standard InChI is InChI=1S/C25H21NO3S/c1-2-29-21-15-9-14-20(16-21)26-24(27)22(19-12-7-4-8-13-19)23(25(26)28)30-17-18-10-5-3-6-11-18/h3-16H,2,17H2,1H3. The third-order valence-electron chi connectivity index (χ3n) is 4.72. The summed E-state index contributed by atoms with van der Waals surface area (Å²) < 4.78 is 5.55. The molecular weight excluding hydrogens is 394 g/mol. The molecule has 0 N–H and O–H groups in total. The van der Waals surface area contributed by atoms with Crippen LogP contribution in [0.2, 0.25) is 0 Å². The van der Waals surface area contributed by atoms with Gasteiger partial charge in [0.05, 0.1) is 22.8 Å². The fraction of sp³-hybridized carbons (Fsp3) is 0.120. The minimum Gasteiger partial charge on any atom is -0.494 e. The zero-order chi connectivity index (χ0) is 20.9. The highest BCUT2D eigenvalue weighted by atomic mass is 32.2. The van der Waals surface area contributed by atoms with Crippen LogP contribution in [0.5, 0.6) is 5.75 Å². The molecule has 2 amide bonds. The molecule has 0 aromatic heterocycles. The lowest BCUT2D eigenvalue weighted by atomic mass is 10.1. The Labute approximate surface area is 180 Å². The summed E-state index contributed by atoms with van der Waals surface area (Å²) in [5.74, 6) is 0.629. The summed E-state index contributed by atoms with van der Waals surface area (Å²) in [5, 5.41) is 0. The second-order valence-corrected chi connectivity index (χ2v) is 7.71. The first-order valence-electron chi connectivity index (χ1n) is 9.77. The van der Waals surface area contributed by atoms with Crippen LogP contribution in [-0.2, 0) is 15.3 Å². The summed E-state index contributed by atoms with van der Waals surface area (Å²) in [7, 11) is 0. The largest absolute Gasteiger partial charge is 0.494 e. The van der Waals surface area contributed by atoms with Crippen LogP contribution in [0.4, 0.5) is 5.69 Å². The summed E-state index contributed by atoms with van der Waals surface area (Å²) in [6, 6.07) is 26.4. The van der Waals surface area contributed by atoms with Crippen LogP contribution in [-0.4, -0.2) is 18.4 Å². The molecule has 0 atom stereocenters. The van der Waals surface area contributed by atoms with Gasteiger partial charge >= 0.3 is 0 Å². The average molecular weight is 416 g/mol. The Morgan fingerprint density at radius 1 is 0.833 bits per heavy atom. The highest BCUT2D eigenvalue weighted by molar-refractivity contribution is 8.03. The fourth-order valence-corrected chi connectivity index (χ4v) is 4.41. The number of hydrogen-bond donors (Lipinski definition) is 0. The van der Waals surface area contributed by atoms with E-state index in [1.807, 2.05) is 73.7 Å². The predicted octanol–water partition coefficient (Wildman–Crippen LogP) is 5.30. The van der Waals surface area contributed by atoms with Crippen molar-refractivity contribution in [1.29, 1.82) is 0 Å². The normalized spacial score (nSPS) is 13.8. The summed E-state index contributed by atoms with van der Waals surface area (Å²) in [6.07, 6.45) is 0. The van der Waals surface area contributed by atoms with Crippen molar-refractivity contribution in [2.24, 2.45) is 0 Å². The Hall–Kier alpha value is -3.31. The van der Waals surface area contributed by atoms with E-state index in [-0.39, 0.29) is 11.8 Å². The maximum atomic E-state index is 13.4. The molecule has 0 aliphatic carbocycles. The van der Waals surface area contributed by atoms with Crippen LogP contribution < -0.4 is 9.64 Å². The van der Waals surface area contributed by atoms with Gasteiger partial charge in [-0.25, -0.2) is 4.90 Å². The molecule has 5 heteroatoms. The minimum atomic E-state index is -0.310. The summed E-state index contributed by atoms with van der Waals surface area (Å²) in [5.41, 5.74) is 2.80. The van der Waals surface area contributed by atoms with Crippen molar-refractivity contribution in [3.05, 3.63) is 101 Å². The molecule has 1 aliphatic heterocycles. The maximum Gasteiger partial charge on any atom is 0.272 e. The first kappa shape index (κ1) is 20.0. The summed E-state index contributed by atoms with van der Waals surface area (Å²) in [6.45, 7) is 2.41. The van der Waals surface area contributed by atoms with Gasteiger partial charge in [-0.3, -0.25) is 9.59 Å². The quantitative estimate of drug-likeness (QED) is 0.491. The molecule has 3 aromatic carbocycles. The topological polar surface area (TPSA) is 46.6 Å². The number of amides is 2. The molecule has 0 radical (unpaired) electrons. The lowest BCUT2D eigenvalue weighted by Crippen LogP contribution is -2.31. The molecular formula is C25H21NO3S. The van der Waals surface area contributed by atoms with Crippen LogP contribution in [0.3, 0.4) is 0 Å². The summed E-state index contributed by atoms with van der Waals surface area (Å²) in [4.78, 5) is 28.5. The Bertz CT molecular complexity index is 1090. The van der Waals surface area contributed by atoms with Gasteiger partial charge in [0.2, 0.25) is 0 Å². The number of hydrogen-bond acceptors (Lipinski definition) is 4. The lowest BCUT2D eigenvalue weighted by molar-refractivity contribution is -0.119. The van der Waals surface area contributed by atoms with E-state index in [1.54, 1.807) is 18.2 Å². The van der Waals surface area contributed by atoms with Crippen molar-refractivity contribution in [3.8, 4) is 5.75 Å². The minimum absolute atomic E-state index is 0.298. The highest BCUT2D eigenvalue weighted by Gasteiger charge is 2.40. The second-order valence-electron chi connectivity index (χ2n) is 6.72. The van der Waals surface area contributed by atoms with Crippen LogP contribution in [0, 0.1) is 0 Å². The van der Waals surface area contributed by atoms with Crippen molar-refractivity contribution in [2.45, 2.75) is 12.7 Å². The molecule has 0 unspecified atom stereocenters. The van der Waals surface area contributed by atoms with Crippen LogP contribution >= 0.6 is 11.8 Å². The molecule has 0 bridgehead atoms.